The highest BCUT2D eigenvalue weighted by atomic mass is 32.1. The fourth-order valence-electron chi connectivity index (χ4n) is 2.59. The number of aromatic nitrogens is 1. The molecule has 1 amide bonds. The Bertz CT molecular complexity index is 766. The van der Waals surface area contributed by atoms with Gasteiger partial charge in [-0.2, -0.15) is 11.3 Å². The van der Waals surface area contributed by atoms with Crippen LogP contribution in [0, 0.1) is 0 Å². The van der Waals surface area contributed by atoms with Crippen molar-refractivity contribution in [1.29, 1.82) is 0 Å². The molecule has 1 N–H and O–H groups in total. The summed E-state index contributed by atoms with van der Waals surface area (Å²) in [5.74, 6) is 0.0364. The molecule has 0 saturated carbocycles. The molecule has 0 spiro atoms. The SMILES string of the molecule is CC(Cc1ccsc1)NC(=O)Cc1csc(Cc2ccccc2)n1. The molecule has 24 heavy (non-hydrogen) atoms. The molecule has 3 rings (SSSR count). The molecule has 1 unspecified atom stereocenters. The summed E-state index contributed by atoms with van der Waals surface area (Å²) in [6, 6.07) is 12.5. The smallest absolute Gasteiger partial charge is 0.226 e. The Morgan fingerprint density at radius 2 is 2.00 bits per heavy atom. The van der Waals surface area contributed by atoms with Gasteiger partial charge in [-0.3, -0.25) is 4.79 Å². The molecule has 3 nitrogen and oxygen atoms in total. The lowest BCUT2D eigenvalue weighted by atomic mass is 10.1. The molecule has 0 aliphatic carbocycles. The van der Waals surface area contributed by atoms with Gasteiger partial charge in [0, 0.05) is 17.8 Å². The lowest BCUT2D eigenvalue weighted by Crippen LogP contribution is -2.35. The maximum atomic E-state index is 12.2. The van der Waals surface area contributed by atoms with Crippen LogP contribution in [0.2, 0.25) is 0 Å². The van der Waals surface area contributed by atoms with Crippen LogP contribution in [0.1, 0.15) is 28.8 Å². The maximum Gasteiger partial charge on any atom is 0.226 e. The van der Waals surface area contributed by atoms with Gasteiger partial charge in [-0.25, -0.2) is 4.98 Å². The second kappa shape index (κ2) is 8.22. The summed E-state index contributed by atoms with van der Waals surface area (Å²) in [6.07, 6.45) is 2.03. The van der Waals surface area contributed by atoms with E-state index in [-0.39, 0.29) is 11.9 Å². The standard InChI is InChI=1S/C19H20N2OS2/c1-14(9-16-7-8-23-12-16)20-18(22)11-17-13-24-19(21-17)10-15-5-3-2-4-6-15/h2-8,12-14H,9-11H2,1H3,(H,20,22). The van der Waals surface area contributed by atoms with E-state index >= 15 is 0 Å². The van der Waals surface area contributed by atoms with E-state index in [0.717, 1.165) is 23.5 Å². The Balaban J connectivity index is 1.49. The summed E-state index contributed by atoms with van der Waals surface area (Å²) in [7, 11) is 0. The normalized spacial score (nSPS) is 12.0. The van der Waals surface area contributed by atoms with Gasteiger partial charge in [0.25, 0.3) is 0 Å². The van der Waals surface area contributed by atoms with Crippen molar-refractivity contribution in [2.24, 2.45) is 0 Å². The predicted octanol–water partition coefficient (Wildman–Crippen LogP) is 4.09. The van der Waals surface area contributed by atoms with Crippen LogP contribution < -0.4 is 5.32 Å². The monoisotopic (exact) mass is 356 g/mol. The number of nitrogens with one attached hydrogen (secondary N) is 1. The van der Waals surface area contributed by atoms with E-state index in [1.165, 1.54) is 11.1 Å². The summed E-state index contributed by atoms with van der Waals surface area (Å²) < 4.78 is 0. The lowest BCUT2D eigenvalue weighted by molar-refractivity contribution is -0.121. The van der Waals surface area contributed by atoms with E-state index < -0.39 is 0 Å². The minimum atomic E-state index is 0.0364. The predicted molar refractivity (Wildman–Crippen MR) is 101 cm³/mol. The van der Waals surface area contributed by atoms with Crippen LogP contribution in [0.3, 0.4) is 0 Å². The largest absolute Gasteiger partial charge is 0.353 e. The molecule has 1 atom stereocenters. The number of carbonyl (C=O) groups is 1. The minimum absolute atomic E-state index is 0.0364. The van der Waals surface area contributed by atoms with Crippen LogP contribution in [0.5, 0.6) is 0 Å². The fourth-order valence-corrected chi connectivity index (χ4v) is 4.10. The van der Waals surface area contributed by atoms with E-state index in [2.05, 4.69) is 39.3 Å². The average molecular weight is 357 g/mol. The van der Waals surface area contributed by atoms with Gasteiger partial charge in [-0.1, -0.05) is 30.3 Å². The average Bonchev–Trinajstić information content (AvgIpc) is 3.20. The van der Waals surface area contributed by atoms with Crippen LogP contribution in [0.25, 0.3) is 0 Å². The molecule has 124 valence electrons. The summed E-state index contributed by atoms with van der Waals surface area (Å²) in [5.41, 5.74) is 3.37. The summed E-state index contributed by atoms with van der Waals surface area (Å²) in [6.45, 7) is 2.04. The van der Waals surface area contributed by atoms with Gasteiger partial charge in [0.2, 0.25) is 5.91 Å². The van der Waals surface area contributed by atoms with Crippen molar-refractivity contribution in [1.82, 2.24) is 10.3 Å². The van der Waals surface area contributed by atoms with Crippen molar-refractivity contribution in [2.45, 2.75) is 32.2 Å². The molecule has 0 aliphatic heterocycles. The molecule has 2 aromatic heterocycles. The van der Waals surface area contributed by atoms with E-state index in [1.807, 2.05) is 30.5 Å². The van der Waals surface area contributed by atoms with Gasteiger partial charge in [0.1, 0.15) is 0 Å². The summed E-state index contributed by atoms with van der Waals surface area (Å²) in [5, 5.41) is 10.3. The van der Waals surface area contributed by atoms with Crippen molar-refractivity contribution >= 4 is 28.6 Å². The van der Waals surface area contributed by atoms with Crippen LogP contribution in [0.4, 0.5) is 0 Å². The van der Waals surface area contributed by atoms with E-state index in [0.29, 0.717) is 6.42 Å². The van der Waals surface area contributed by atoms with E-state index in [4.69, 9.17) is 0 Å². The Morgan fingerprint density at radius 3 is 2.75 bits per heavy atom. The van der Waals surface area contributed by atoms with Gasteiger partial charge in [-0.05, 0) is 41.3 Å². The highest BCUT2D eigenvalue weighted by Crippen LogP contribution is 2.15. The van der Waals surface area contributed by atoms with Crippen molar-refractivity contribution in [3.63, 3.8) is 0 Å². The molecular weight excluding hydrogens is 336 g/mol. The molecule has 0 saturated heterocycles. The topological polar surface area (TPSA) is 42.0 Å². The van der Waals surface area contributed by atoms with E-state index in [1.54, 1.807) is 22.7 Å². The number of hydrogen-bond acceptors (Lipinski definition) is 4. The van der Waals surface area contributed by atoms with Crippen molar-refractivity contribution in [2.75, 3.05) is 0 Å². The maximum absolute atomic E-state index is 12.2. The molecule has 0 fully saturated rings. The van der Waals surface area contributed by atoms with Crippen molar-refractivity contribution in [3.8, 4) is 0 Å². The first-order valence-corrected chi connectivity index (χ1v) is 9.79. The first-order valence-electron chi connectivity index (χ1n) is 7.96. The third kappa shape index (κ3) is 5.01. The Kier molecular flexibility index (Phi) is 5.77. The Hall–Kier alpha value is -1.98. The van der Waals surface area contributed by atoms with Gasteiger partial charge in [0.05, 0.1) is 17.1 Å². The third-order valence-corrected chi connectivity index (χ3v) is 5.30. The molecule has 2 heterocycles. The minimum Gasteiger partial charge on any atom is -0.353 e. The van der Waals surface area contributed by atoms with Gasteiger partial charge < -0.3 is 5.32 Å². The molecule has 5 heteroatoms. The number of carbonyl (C=O) groups excluding carboxylic acids is 1. The van der Waals surface area contributed by atoms with Gasteiger partial charge in [-0.15, -0.1) is 11.3 Å². The first-order chi connectivity index (χ1) is 11.7. The fraction of sp³-hybridized carbons (Fsp3) is 0.263. The van der Waals surface area contributed by atoms with Crippen molar-refractivity contribution in [3.05, 3.63) is 74.4 Å². The molecule has 1 aromatic carbocycles. The molecule has 3 aromatic rings. The van der Waals surface area contributed by atoms with Crippen LogP contribution >= 0.6 is 22.7 Å². The summed E-state index contributed by atoms with van der Waals surface area (Å²) >= 11 is 3.30. The zero-order valence-electron chi connectivity index (χ0n) is 13.6. The zero-order chi connectivity index (χ0) is 16.8. The quantitative estimate of drug-likeness (QED) is 0.693. The van der Waals surface area contributed by atoms with E-state index in [9.17, 15) is 4.79 Å². The number of nitrogens with zero attached hydrogens (tertiary/aromatic N) is 1. The molecule has 0 aliphatic rings. The second-order valence-electron chi connectivity index (χ2n) is 5.88. The van der Waals surface area contributed by atoms with Crippen LogP contribution in [-0.4, -0.2) is 16.9 Å². The first kappa shape index (κ1) is 16.9. The number of thiophene rings is 1. The highest BCUT2D eigenvalue weighted by molar-refractivity contribution is 7.09. The molecule has 0 radical (unpaired) electrons. The lowest BCUT2D eigenvalue weighted by Gasteiger charge is -2.12. The number of benzene rings is 1. The highest BCUT2D eigenvalue weighted by Gasteiger charge is 2.11. The van der Waals surface area contributed by atoms with Crippen molar-refractivity contribution < 1.29 is 4.79 Å². The number of thiazole rings is 1. The Labute approximate surface area is 150 Å². The second-order valence-corrected chi connectivity index (χ2v) is 7.60. The number of amides is 1. The number of hydrogen-bond donors (Lipinski definition) is 1. The Morgan fingerprint density at radius 1 is 1.17 bits per heavy atom. The van der Waals surface area contributed by atoms with Gasteiger partial charge in [0.15, 0.2) is 0 Å². The summed E-state index contributed by atoms with van der Waals surface area (Å²) in [4.78, 5) is 16.8. The number of rotatable bonds is 7. The molecule has 0 bridgehead atoms. The third-order valence-electron chi connectivity index (χ3n) is 3.67. The van der Waals surface area contributed by atoms with Crippen LogP contribution in [-0.2, 0) is 24.1 Å². The molecular formula is C19H20N2OS2. The van der Waals surface area contributed by atoms with Crippen LogP contribution in [0.15, 0.2) is 52.5 Å². The van der Waals surface area contributed by atoms with Gasteiger partial charge >= 0.3 is 0 Å². The zero-order valence-corrected chi connectivity index (χ0v) is 15.2.